The van der Waals surface area contributed by atoms with Gasteiger partial charge in [-0.25, -0.2) is 9.97 Å². The Kier molecular flexibility index (Phi) is 5.11. The lowest BCUT2D eigenvalue weighted by atomic mass is 10.0. The maximum absolute atomic E-state index is 5.57. The summed E-state index contributed by atoms with van der Waals surface area (Å²) < 4.78 is 21.4. The fourth-order valence-corrected chi connectivity index (χ4v) is 2.26. The summed E-state index contributed by atoms with van der Waals surface area (Å²) >= 11 is 0. The van der Waals surface area contributed by atoms with E-state index in [0.29, 0.717) is 31.5 Å². The van der Waals surface area contributed by atoms with Gasteiger partial charge in [-0.3, -0.25) is 0 Å². The van der Waals surface area contributed by atoms with Crippen molar-refractivity contribution in [1.29, 1.82) is 0 Å². The van der Waals surface area contributed by atoms with Crippen LogP contribution in [0.25, 0.3) is 0 Å². The van der Waals surface area contributed by atoms with Crippen molar-refractivity contribution in [3.63, 3.8) is 0 Å². The number of hydrogen-bond donors (Lipinski definition) is 1. The van der Waals surface area contributed by atoms with E-state index in [9.17, 15) is 0 Å². The van der Waals surface area contributed by atoms with Crippen LogP contribution in [0.1, 0.15) is 12.0 Å². The molecular weight excluding hydrogens is 262 g/mol. The Balaban J connectivity index is 2.00. The van der Waals surface area contributed by atoms with Gasteiger partial charge in [-0.2, -0.15) is 0 Å². The molecular formula is C13H21N3O4. The van der Waals surface area contributed by atoms with Crippen molar-refractivity contribution in [2.75, 3.05) is 41.1 Å². The van der Waals surface area contributed by atoms with Crippen LogP contribution in [-0.4, -0.2) is 56.7 Å². The summed E-state index contributed by atoms with van der Waals surface area (Å²) in [6.07, 6.45) is 2.30. The van der Waals surface area contributed by atoms with Gasteiger partial charge in [0.1, 0.15) is 11.9 Å². The highest BCUT2D eigenvalue weighted by Gasteiger charge is 2.34. The number of aromatic nitrogens is 2. The molecule has 0 saturated carbocycles. The standard InChI is InChI=1S/C13H21N3O4/c1-17-11-10(12(18-2)16-9-15-11)6-14-7-13(19-3)4-5-20-8-13/h9,14H,4-8H2,1-3H3. The van der Waals surface area contributed by atoms with Crippen molar-refractivity contribution >= 4 is 0 Å². The molecule has 1 saturated heterocycles. The number of ether oxygens (including phenoxy) is 4. The molecule has 2 rings (SSSR count). The minimum absolute atomic E-state index is 0.254. The number of methoxy groups -OCH3 is 3. The minimum atomic E-state index is -0.254. The number of nitrogens with zero attached hydrogens (tertiary/aromatic N) is 2. The first-order valence-electron chi connectivity index (χ1n) is 6.50. The summed E-state index contributed by atoms with van der Waals surface area (Å²) in [5, 5.41) is 3.34. The van der Waals surface area contributed by atoms with Crippen LogP contribution in [0, 0.1) is 0 Å². The van der Waals surface area contributed by atoms with Gasteiger partial charge in [0, 0.05) is 33.2 Å². The molecule has 7 heteroatoms. The van der Waals surface area contributed by atoms with E-state index in [2.05, 4.69) is 15.3 Å². The van der Waals surface area contributed by atoms with Crippen molar-refractivity contribution < 1.29 is 18.9 Å². The van der Waals surface area contributed by atoms with Crippen LogP contribution in [0.4, 0.5) is 0 Å². The van der Waals surface area contributed by atoms with E-state index in [1.807, 2.05) is 0 Å². The Bertz CT molecular complexity index is 413. The lowest BCUT2D eigenvalue weighted by molar-refractivity contribution is -0.0160. The van der Waals surface area contributed by atoms with Gasteiger partial charge >= 0.3 is 0 Å². The molecule has 7 nitrogen and oxygen atoms in total. The zero-order valence-electron chi connectivity index (χ0n) is 12.1. The van der Waals surface area contributed by atoms with Gasteiger partial charge in [0.15, 0.2) is 0 Å². The van der Waals surface area contributed by atoms with Crippen LogP contribution in [0.3, 0.4) is 0 Å². The summed E-state index contributed by atoms with van der Waals surface area (Å²) in [5.74, 6) is 1.02. The number of rotatable bonds is 7. The quantitative estimate of drug-likeness (QED) is 0.775. The molecule has 1 aliphatic rings. The van der Waals surface area contributed by atoms with Crippen LogP contribution in [-0.2, 0) is 16.0 Å². The Labute approximate surface area is 118 Å². The SMILES string of the molecule is COc1ncnc(OC)c1CNCC1(OC)CCOC1. The zero-order valence-corrected chi connectivity index (χ0v) is 12.1. The minimum Gasteiger partial charge on any atom is -0.481 e. The lowest BCUT2D eigenvalue weighted by Gasteiger charge is -2.26. The lowest BCUT2D eigenvalue weighted by Crippen LogP contribution is -2.42. The van der Waals surface area contributed by atoms with E-state index in [0.717, 1.165) is 18.6 Å². The van der Waals surface area contributed by atoms with Crippen molar-refractivity contribution in [3.8, 4) is 11.8 Å². The van der Waals surface area contributed by atoms with E-state index >= 15 is 0 Å². The van der Waals surface area contributed by atoms with Crippen molar-refractivity contribution in [2.45, 2.75) is 18.6 Å². The van der Waals surface area contributed by atoms with Crippen molar-refractivity contribution in [3.05, 3.63) is 11.9 Å². The van der Waals surface area contributed by atoms with Crippen LogP contribution >= 0.6 is 0 Å². The molecule has 20 heavy (non-hydrogen) atoms. The highest BCUT2D eigenvalue weighted by Crippen LogP contribution is 2.25. The van der Waals surface area contributed by atoms with Gasteiger partial charge in [0.25, 0.3) is 0 Å². The molecule has 1 unspecified atom stereocenters. The van der Waals surface area contributed by atoms with Crippen LogP contribution in [0.2, 0.25) is 0 Å². The summed E-state index contributed by atoms with van der Waals surface area (Å²) in [6.45, 7) is 2.57. The fraction of sp³-hybridized carbons (Fsp3) is 0.692. The monoisotopic (exact) mass is 283 g/mol. The molecule has 112 valence electrons. The fourth-order valence-electron chi connectivity index (χ4n) is 2.26. The second-order valence-corrected chi connectivity index (χ2v) is 4.66. The van der Waals surface area contributed by atoms with Gasteiger partial charge in [0.2, 0.25) is 11.8 Å². The van der Waals surface area contributed by atoms with Gasteiger partial charge in [-0.05, 0) is 0 Å². The first-order valence-corrected chi connectivity index (χ1v) is 6.50. The van der Waals surface area contributed by atoms with Crippen molar-refractivity contribution in [1.82, 2.24) is 15.3 Å². The molecule has 2 heterocycles. The maximum Gasteiger partial charge on any atom is 0.224 e. The topological polar surface area (TPSA) is 74.7 Å². The Morgan fingerprint density at radius 3 is 2.45 bits per heavy atom. The average molecular weight is 283 g/mol. The zero-order chi connectivity index (χ0) is 14.4. The van der Waals surface area contributed by atoms with E-state index in [4.69, 9.17) is 18.9 Å². The predicted octanol–water partition coefficient (Wildman–Crippen LogP) is 0.389. The predicted molar refractivity (Wildman–Crippen MR) is 72.0 cm³/mol. The molecule has 1 aromatic rings. The molecule has 0 aromatic carbocycles. The average Bonchev–Trinajstić information content (AvgIpc) is 2.96. The van der Waals surface area contributed by atoms with Gasteiger partial charge in [-0.1, -0.05) is 0 Å². The van der Waals surface area contributed by atoms with Crippen molar-refractivity contribution in [2.24, 2.45) is 0 Å². The molecule has 0 radical (unpaired) electrons. The highest BCUT2D eigenvalue weighted by atomic mass is 16.5. The molecule has 1 aliphatic heterocycles. The molecule has 0 aliphatic carbocycles. The number of nitrogens with one attached hydrogen (secondary N) is 1. The molecule has 1 N–H and O–H groups in total. The van der Waals surface area contributed by atoms with Gasteiger partial charge in [0.05, 0.1) is 26.4 Å². The van der Waals surface area contributed by atoms with E-state index in [1.54, 1.807) is 21.3 Å². The Hall–Kier alpha value is -1.44. The molecule has 1 aromatic heterocycles. The number of hydrogen-bond acceptors (Lipinski definition) is 7. The molecule has 1 fully saturated rings. The van der Waals surface area contributed by atoms with Crippen LogP contribution in [0.5, 0.6) is 11.8 Å². The van der Waals surface area contributed by atoms with E-state index in [-0.39, 0.29) is 5.60 Å². The molecule has 0 amide bonds. The largest absolute Gasteiger partial charge is 0.481 e. The summed E-state index contributed by atoms with van der Waals surface area (Å²) in [6, 6.07) is 0. The second kappa shape index (κ2) is 6.83. The molecule has 1 atom stereocenters. The Morgan fingerprint density at radius 2 is 1.95 bits per heavy atom. The van der Waals surface area contributed by atoms with Crippen LogP contribution < -0.4 is 14.8 Å². The maximum atomic E-state index is 5.57. The highest BCUT2D eigenvalue weighted by molar-refractivity contribution is 5.34. The smallest absolute Gasteiger partial charge is 0.224 e. The molecule has 0 bridgehead atoms. The third-order valence-corrected chi connectivity index (χ3v) is 3.50. The summed E-state index contributed by atoms with van der Waals surface area (Å²) in [7, 11) is 4.86. The summed E-state index contributed by atoms with van der Waals surface area (Å²) in [4.78, 5) is 8.17. The second-order valence-electron chi connectivity index (χ2n) is 4.66. The van der Waals surface area contributed by atoms with E-state index < -0.39 is 0 Å². The first-order chi connectivity index (χ1) is 9.74. The molecule has 0 spiro atoms. The third kappa shape index (κ3) is 3.17. The van der Waals surface area contributed by atoms with E-state index in [1.165, 1.54) is 6.33 Å². The van der Waals surface area contributed by atoms with Gasteiger partial charge < -0.3 is 24.3 Å². The third-order valence-electron chi connectivity index (χ3n) is 3.50. The van der Waals surface area contributed by atoms with Gasteiger partial charge in [-0.15, -0.1) is 0 Å². The van der Waals surface area contributed by atoms with Crippen LogP contribution in [0.15, 0.2) is 6.33 Å². The normalized spacial score (nSPS) is 21.9. The Morgan fingerprint density at radius 1 is 1.25 bits per heavy atom. The summed E-state index contributed by atoms with van der Waals surface area (Å²) in [5.41, 5.74) is 0.540. The first kappa shape index (κ1) is 15.0.